The van der Waals surface area contributed by atoms with Gasteiger partial charge in [0.2, 0.25) is 0 Å². The molecule has 0 aliphatic carbocycles. The van der Waals surface area contributed by atoms with Gasteiger partial charge in [-0.15, -0.1) is 24.8 Å². The van der Waals surface area contributed by atoms with E-state index in [4.69, 9.17) is 20.3 Å². The van der Waals surface area contributed by atoms with Crippen molar-refractivity contribution in [2.24, 2.45) is 0 Å². The van der Waals surface area contributed by atoms with Crippen molar-refractivity contribution in [2.75, 3.05) is 29.9 Å². The minimum Gasteiger partial charge on any atom is -0.489 e. The number of likely N-dealkylation sites (tertiary alicyclic amines) is 1. The summed E-state index contributed by atoms with van der Waals surface area (Å²) in [4.78, 5) is 16.4. The molecule has 8 nitrogen and oxygen atoms in total. The molecule has 1 fully saturated rings. The van der Waals surface area contributed by atoms with E-state index >= 15 is 0 Å². The topological polar surface area (TPSA) is 102 Å². The molecule has 0 saturated carbocycles. The lowest BCUT2D eigenvalue weighted by atomic mass is 10.0. The van der Waals surface area contributed by atoms with Gasteiger partial charge < -0.3 is 19.7 Å². The summed E-state index contributed by atoms with van der Waals surface area (Å²) in [7, 11) is 0. The largest absolute Gasteiger partial charge is 0.489 e. The molecule has 0 bridgehead atoms. The van der Waals surface area contributed by atoms with Gasteiger partial charge in [0.05, 0.1) is 25.5 Å². The number of carbonyl (C=O) groups is 1. The van der Waals surface area contributed by atoms with E-state index in [0.717, 1.165) is 58.5 Å². The smallest absolute Gasteiger partial charge is 0.414 e. The van der Waals surface area contributed by atoms with Crippen molar-refractivity contribution < 1.29 is 14.3 Å². The molecule has 5 rings (SSSR count). The van der Waals surface area contributed by atoms with Crippen molar-refractivity contribution in [3.8, 4) is 5.75 Å². The lowest BCUT2D eigenvalue weighted by molar-refractivity contribution is 0.159. The second-order valence-electron chi connectivity index (χ2n) is 10.1. The number of amidine groups is 2. The summed E-state index contributed by atoms with van der Waals surface area (Å²) in [6, 6.07) is 29.1. The Hall–Kier alpha value is -4.27. The molecule has 4 aromatic rings. The molecule has 1 unspecified atom stereocenters. The van der Waals surface area contributed by atoms with Gasteiger partial charge in [0.15, 0.2) is 0 Å². The molecule has 0 radical (unpaired) electrons. The van der Waals surface area contributed by atoms with Crippen LogP contribution in [0.1, 0.15) is 31.4 Å². The first-order valence-electron chi connectivity index (χ1n) is 13.8. The quantitative estimate of drug-likeness (QED) is 0.138. The standard InChI is InChI=1S/C33H35N5O3.2ClH/c1-3-40-33(39)38(29-7-5-4-6-8-29)21-24-9-10-25-11-12-26(20-27(25)19-24)32(35)36-28-13-15-30(16-14-28)41-31-17-18-37(22-31)23(2)34;;/h4-16,19-20,31,34H,3,17-18,21-22H2,1-2H3,(H2,35,36);2*1H. The van der Waals surface area contributed by atoms with Crippen molar-refractivity contribution in [1.29, 1.82) is 10.8 Å². The normalized spacial score (nSPS) is 13.8. The number of para-hydroxylation sites is 1. The van der Waals surface area contributed by atoms with E-state index in [9.17, 15) is 4.79 Å². The van der Waals surface area contributed by atoms with Crippen molar-refractivity contribution in [1.82, 2.24) is 4.90 Å². The second kappa shape index (κ2) is 15.3. The number of nitrogens with one attached hydrogen (secondary N) is 3. The van der Waals surface area contributed by atoms with Gasteiger partial charge in [-0.1, -0.05) is 42.5 Å². The maximum atomic E-state index is 12.7. The van der Waals surface area contributed by atoms with Gasteiger partial charge in [0.1, 0.15) is 17.7 Å². The van der Waals surface area contributed by atoms with Crippen molar-refractivity contribution in [3.63, 3.8) is 0 Å². The fourth-order valence-corrected chi connectivity index (χ4v) is 4.96. The highest BCUT2D eigenvalue weighted by Gasteiger charge is 2.24. The van der Waals surface area contributed by atoms with Crippen LogP contribution < -0.4 is 15.0 Å². The van der Waals surface area contributed by atoms with E-state index in [1.54, 1.807) is 18.7 Å². The zero-order valence-electron chi connectivity index (χ0n) is 24.2. The third kappa shape index (κ3) is 8.40. The summed E-state index contributed by atoms with van der Waals surface area (Å²) in [5.74, 6) is 1.64. The highest BCUT2D eigenvalue weighted by Crippen LogP contribution is 2.24. The van der Waals surface area contributed by atoms with Crippen LogP contribution in [-0.4, -0.2) is 48.5 Å². The Morgan fingerprint density at radius 1 is 0.953 bits per heavy atom. The minimum atomic E-state index is -0.387. The molecule has 1 saturated heterocycles. The lowest BCUT2D eigenvalue weighted by Gasteiger charge is -2.22. The molecule has 226 valence electrons. The van der Waals surface area contributed by atoms with Crippen LogP contribution in [0.3, 0.4) is 0 Å². The molecule has 1 heterocycles. The number of carbonyl (C=O) groups excluding carboxylic acids is 1. The Labute approximate surface area is 264 Å². The SMILES string of the molecule is CCOC(=O)N(Cc1ccc2ccc(C(=N)Nc3ccc(OC4CCN(C(C)=N)C4)cc3)cc2c1)c1ccccc1.Cl.Cl. The number of anilines is 2. The summed E-state index contributed by atoms with van der Waals surface area (Å²) in [6.07, 6.45) is 0.589. The number of fused-ring (bicyclic) bond motifs is 1. The van der Waals surface area contributed by atoms with Crippen LogP contribution in [0.25, 0.3) is 10.8 Å². The van der Waals surface area contributed by atoms with Crippen LogP contribution in [0.4, 0.5) is 16.2 Å². The van der Waals surface area contributed by atoms with E-state index in [2.05, 4.69) is 11.4 Å². The average Bonchev–Trinajstić information content (AvgIpc) is 3.46. The summed E-state index contributed by atoms with van der Waals surface area (Å²) >= 11 is 0. The first kappa shape index (κ1) is 33.2. The van der Waals surface area contributed by atoms with Gasteiger partial charge in [0, 0.05) is 29.9 Å². The van der Waals surface area contributed by atoms with Crippen molar-refractivity contribution in [2.45, 2.75) is 32.9 Å². The average molecular weight is 623 g/mol. The van der Waals surface area contributed by atoms with Crippen LogP contribution >= 0.6 is 24.8 Å². The summed E-state index contributed by atoms with van der Waals surface area (Å²) < 4.78 is 11.4. The number of nitrogens with zero attached hydrogens (tertiary/aromatic N) is 2. The first-order chi connectivity index (χ1) is 19.9. The predicted molar refractivity (Wildman–Crippen MR) is 179 cm³/mol. The fourth-order valence-electron chi connectivity index (χ4n) is 4.96. The maximum absolute atomic E-state index is 12.7. The monoisotopic (exact) mass is 621 g/mol. The molecule has 0 aromatic heterocycles. The Kier molecular flexibility index (Phi) is 11.8. The van der Waals surface area contributed by atoms with E-state index in [1.807, 2.05) is 89.8 Å². The zero-order valence-corrected chi connectivity index (χ0v) is 25.8. The van der Waals surface area contributed by atoms with E-state index < -0.39 is 0 Å². The van der Waals surface area contributed by atoms with Crippen molar-refractivity contribution >= 4 is 64.7 Å². The molecule has 1 aliphatic rings. The van der Waals surface area contributed by atoms with Gasteiger partial charge in [-0.05, 0) is 78.7 Å². The molecule has 1 aliphatic heterocycles. The van der Waals surface area contributed by atoms with Crippen molar-refractivity contribution in [3.05, 3.63) is 102 Å². The van der Waals surface area contributed by atoms with Crippen LogP contribution in [-0.2, 0) is 11.3 Å². The molecule has 0 spiro atoms. The predicted octanol–water partition coefficient (Wildman–Crippen LogP) is 7.73. The number of benzene rings is 4. The molecule has 3 N–H and O–H groups in total. The highest BCUT2D eigenvalue weighted by atomic mass is 35.5. The minimum absolute atomic E-state index is 0. The molecule has 1 atom stereocenters. The Bertz CT molecular complexity index is 1550. The number of amides is 1. The van der Waals surface area contributed by atoms with Gasteiger partial charge in [-0.2, -0.15) is 0 Å². The molecular formula is C33H37Cl2N5O3. The van der Waals surface area contributed by atoms with E-state index in [0.29, 0.717) is 19.0 Å². The number of hydrogen-bond acceptors (Lipinski definition) is 5. The zero-order chi connectivity index (χ0) is 28.8. The molecule has 10 heteroatoms. The number of hydrogen-bond donors (Lipinski definition) is 3. The Morgan fingerprint density at radius 2 is 1.67 bits per heavy atom. The van der Waals surface area contributed by atoms with Gasteiger partial charge >= 0.3 is 6.09 Å². The maximum Gasteiger partial charge on any atom is 0.414 e. The molecular weight excluding hydrogens is 585 g/mol. The third-order valence-electron chi connectivity index (χ3n) is 7.14. The van der Waals surface area contributed by atoms with Gasteiger partial charge in [0.25, 0.3) is 0 Å². The summed E-state index contributed by atoms with van der Waals surface area (Å²) in [5.41, 5.74) is 3.29. The number of halogens is 2. The highest BCUT2D eigenvalue weighted by molar-refractivity contribution is 6.08. The van der Waals surface area contributed by atoms with Crippen LogP contribution in [0.5, 0.6) is 5.75 Å². The van der Waals surface area contributed by atoms with Gasteiger partial charge in [-0.3, -0.25) is 15.7 Å². The molecule has 43 heavy (non-hydrogen) atoms. The summed E-state index contributed by atoms with van der Waals surface area (Å²) in [6.45, 7) is 5.86. The Balaban J connectivity index is 0.00000253. The van der Waals surface area contributed by atoms with Crippen LogP contribution in [0.15, 0.2) is 91.0 Å². The van der Waals surface area contributed by atoms with E-state index in [1.165, 1.54) is 0 Å². The number of rotatable bonds is 8. The van der Waals surface area contributed by atoms with Gasteiger partial charge in [-0.25, -0.2) is 4.79 Å². The Morgan fingerprint density at radius 3 is 2.35 bits per heavy atom. The summed E-state index contributed by atoms with van der Waals surface area (Å²) in [5, 5.41) is 21.7. The lowest BCUT2D eigenvalue weighted by Crippen LogP contribution is -2.31. The van der Waals surface area contributed by atoms with E-state index in [-0.39, 0.29) is 42.8 Å². The molecule has 1 amide bonds. The second-order valence-corrected chi connectivity index (χ2v) is 10.1. The van der Waals surface area contributed by atoms with Crippen LogP contribution in [0, 0.1) is 10.8 Å². The first-order valence-corrected chi connectivity index (χ1v) is 13.8. The fraction of sp³-hybridized carbons (Fsp3) is 0.242. The third-order valence-corrected chi connectivity index (χ3v) is 7.14. The van der Waals surface area contributed by atoms with Crippen LogP contribution in [0.2, 0.25) is 0 Å². The molecule has 4 aromatic carbocycles. The number of ether oxygens (including phenoxy) is 2.